The molecule has 2 fully saturated rings. The van der Waals surface area contributed by atoms with E-state index in [0.717, 1.165) is 35.5 Å². The molecule has 0 spiro atoms. The van der Waals surface area contributed by atoms with Gasteiger partial charge in [-0.15, -0.1) is 0 Å². The van der Waals surface area contributed by atoms with Crippen molar-refractivity contribution in [1.82, 2.24) is 9.80 Å². The maximum Gasteiger partial charge on any atom is 0.228 e. The Morgan fingerprint density at radius 3 is 2.58 bits per heavy atom. The fraction of sp³-hybridized carbons (Fsp3) is 0.440. The molecule has 2 aliphatic heterocycles. The summed E-state index contributed by atoms with van der Waals surface area (Å²) in [5.74, 6) is 1.29. The predicted molar refractivity (Wildman–Crippen MR) is 118 cm³/mol. The summed E-state index contributed by atoms with van der Waals surface area (Å²) < 4.78 is 10.9. The Kier molecular flexibility index (Phi) is 6.16. The molecule has 2 saturated heterocycles. The molecule has 0 bridgehead atoms. The van der Waals surface area contributed by atoms with Crippen molar-refractivity contribution in [2.75, 3.05) is 27.3 Å². The third-order valence-corrected chi connectivity index (χ3v) is 6.39. The van der Waals surface area contributed by atoms with Crippen molar-refractivity contribution in [3.05, 3.63) is 59.2 Å². The van der Waals surface area contributed by atoms with Gasteiger partial charge in [-0.2, -0.15) is 0 Å². The molecule has 164 valence electrons. The van der Waals surface area contributed by atoms with Gasteiger partial charge in [-0.05, 0) is 37.5 Å². The van der Waals surface area contributed by atoms with Gasteiger partial charge in [0.2, 0.25) is 11.8 Å². The van der Waals surface area contributed by atoms with E-state index in [1.807, 2.05) is 47.1 Å². The van der Waals surface area contributed by atoms with Crippen molar-refractivity contribution in [2.24, 2.45) is 5.92 Å². The predicted octanol–water partition coefficient (Wildman–Crippen LogP) is 3.72. The molecule has 2 aliphatic rings. The molecule has 2 heterocycles. The first-order valence-corrected chi connectivity index (χ1v) is 10.9. The number of carbonyl (C=O) groups is 2. The molecule has 0 radical (unpaired) electrons. The number of aryl methyl sites for hydroxylation is 1. The van der Waals surface area contributed by atoms with Crippen LogP contribution in [-0.4, -0.2) is 48.9 Å². The maximum absolute atomic E-state index is 13.4. The number of hydrogen-bond acceptors (Lipinski definition) is 4. The number of rotatable bonds is 6. The molecule has 2 aromatic carbocycles. The van der Waals surface area contributed by atoms with Crippen molar-refractivity contribution in [1.29, 1.82) is 0 Å². The molecule has 31 heavy (non-hydrogen) atoms. The van der Waals surface area contributed by atoms with Crippen LogP contribution in [0.3, 0.4) is 0 Å². The minimum Gasteiger partial charge on any atom is -0.497 e. The largest absolute Gasteiger partial charge is 0.497 e. The lowest BCUT2D eigenvalue weighted by Crippen LogP contribution is -2.37. The van der Waals surface area contributed by atoms with Crippen LogP contribution in [0.25, 0.3) is 0 Å². The monoisotopic (exact) mass is 422 g/mol. The Balaban J connectivity index is 1.47. The highest BCUT2D eigenvalue weighted by atomic mass is 16.5. The van der Waals surface area contributed by atoms with Gasteiger partial charge < -0.3 is 19.3 Å². The van der Waals surface area contributed by atoms with Crippen LogP contribution in [0.5, 0.6) is 11.5 Å². The van der Waals surface area contributed by atoms with E-state index < -0.39 is 0 Å². The summed E-state index contributed by atoms with van der Waals surface area (Å²) in [6.45, 7) is 3.79. The molecule has 6 nitrogen and oxygen atoms in total. The van der Waals surface area contributed by atoms with Gasteiger partial charge in [0, 0.05) is 37.7 Å². The van der Waals surface area contributed by atoms with Gasteiger partial charge in [-0.25, -0.2) is 0 Å². The van der Waals surface area contributed by atoms with Crippen molar-refractivity contribution in [3.63, 3.8) is 0 Å². The third kappa shape index (κ3) is 4.38. The van der Waals surface area contributed by atoms with Crippen molar-refractivity contribution in [2.45, 2.75) is 38.8 Å². The van der Waals surface area contributed by atoms with E-state index in [4.69, 9.17) is 9.47 Å². The molecular formula is C25H30N2O4. The lowest BCUT2D eigenvalue weighted by Gasteiger charge is -2.28. The standard InChI is InChI=1S/C25H30N2O4/c1-17-6-8-18(9-7-17)15-26-16-19(13-24(26)28)25(29)27-12-4-5-22(27)21-11-10-20(30-2)14-23(21)31-3/h6-11,14,19,22H,4-5,12-13,15-16H2,1-3H3/t19-,22-/m1/s1. The van der Waals surface area contributed by atoms with Gasteiger partial charge in [0.25, 0.3) is 0 Å². The minimum absolute atomic E-state index is 0.0328. The number of benzene rings is 2. The first-order valence-electron chi connectivity index (χ1n) is 10.9. The average Bonchev–Trinajstić information content (AvgIpc) is 3.41. The van der Waals surface area contributed by atoms with Crippen molar-refractivity contribution >= 4 is 11.8 Å². The van der Waals surface area contributed by atoms with E-state index in [-0.39, 0.29) is 30.2 Å². The Morgan fingerprint density at radius 1 is 1.10 bits per heavy atom. The summed E-state index contributed by atoms with van der Waals surface area (Å²) in [4.78, 5) is 29.8. The summed E-state index contributed by atoms with van der Waals surface area (Å²) >= 11 is 0. The topological polar surface area (TPSA) is 59.1 Å². The average molecular weight is 423 g/mol. The van der Waals surface area contributed by atoms with Gasteiger partial charge in [0.1, 0.15) is 11.5 Å². The van der Waals surface area contributed by atoms with Crippen LogP contribution in [-0.2, 0) is 16.1 Å². The molecule has 0 saturated carbocycles. The van der Waals surface area contributed by atoms with E-state index in [0.29, 0.717) is 19.6 Å². The normalized spacial score (nSPS) is 20.9. The number of hydrogen-bond donors (Lipinski definition) is 0. The second-order valence-electron chi connectivity index (χ2n) is 8.46. The summed E-state index contributed by atoms with van der Waals surface area (Å²) in [5.41, 5.74) is 3.28. The number of amides is 2. The minimum atomic E-state index is -0.289. The van der Waals surface area contributed by atoms with Crippen LogP contribution in [0, 0.1) is 12.8 Å². The van der Waals surface area contributed by atoms with E-state index in [1.54, 1.807) is 14.2 Å². The molecule has 6 heteroatoms. The number of ether oxygens (including phenoxy) is 2. The maximum atomic E-state index is 13.4. The van der Waals surface area contributed by atoms with Crippen LogP contribution in [0.4, 0.5) is 0 Å². The fourth-order valence-electron chi connectivity index (χ4n) is 4.69. The molecule has 0 unspecified atom stereocenters. The summed E-state index contributed by atoms with van der Waals surface area (Å²) in [6.07, 6.45) is 2.12. The SMILES string of the molecule is COc1ccc([C@H]2CCCN2C(=O)[C@@H]2CC(=O)N(Cc3ccc(C)cc3)C2)c(OC)c1. The van der Waals surface area contributed by atoms with Crippen LogP contribution >= 0.6 is 0 Å². The highest BCUT2D eigenvalue weighted by molar-refractivity contribution is 5.89. The highest BCUT2D eigenvalue weighted by Crippen LogP contribution is 2.40. The van der Waals surface area contributed by atoms with Crippen molar-refractivity contribution in [3.8, 4) is 11.5 Å². The summed E-state index contributed by atoms with van der Waals surface area (Å²) in [5, 5.41) is 0. The first-order chi connectivity index (χ1) is 15.0. The van der Waals surface area contributed by atoms with Gasteiger partial charge in [0.15, 0.2) is 0 Å². The van der Waals surface area contributed by atoms with E-state index in [2.05, 4.69) is 12.1 Å². The fourth-order valence-corrected chi connectivity index (χ4v) is 4.69. The summed E-state index contributed by atoms with van der Waals surface area (Å²) in [7, 11) is 3.26. The molecule has 2 aromatic rings. The van der Waals surface area contributed by atoms with E-state index >= 15 is 0 Å². The van der Waals surface area contributed by atoms with Gasteiger partial charge in [0.05, 0.1) is 26.2 Å². The molecule has 2 atom stereocenters. The lowest BCUT2D eigenvalue weighted by atomic mass is 10.0. The Morgan fingerprint density at radius 2 is 1.87 bits per heavy atom. The van der Waals surface area contributed by atoms with Gasteiger partial charge in [-0.3, -0.25) is 9.59 Å². The zero-order valence-electron chi connectivity index (χ0n) is 18.5. The Labute approximate surface area is 183 Å². The second kappa shape index (κ2) is 9.00. The van der Waals surface area contributed by atoms with Gasteiger partial charge >= 0.3 is 0 Å². The quantitative estimate of drug-likeness (QED) is 0.712. The van der Waals surface area contributed by atoms with E-state index in [9.17, 15) is 9.59 Å². The second-order valence-corrected chi connectivity index (χ2v) is 8.46. The third-order valence-electron chi connectivity index (χ3n) is 6.39. The number of methoxy groups -OCH3 is 2. The smallest absolute Gasteiger partial charge is 0.228 e. The molecular weight excluding hydrogens is 392 g/mol. The van der Waals surface area contributed by atoms with E-state index in [1.165, 1.54) is 5.56 Å². The van der Waals surface area contributed by atoms with Crippen LogP contribution in [0.1, 0.15) is 42.0 Å². The lowest BCUT2D eigenvalue weighted by molar-refractivity contribution is -0.136. The van der Waals surface area contributed by atoms with Crippen LogP contribution in [0.2, 0.25) is 0 Å². The molecule has 4 rings (SSSR count). The molecule has 0 N–H and O–H groups in total. The molecule has 0 aromatic heterocycles. The number of nitrogens with zero attached hydrogens (tertiary/aromatic N) is 2. The highest BCUT2D eigenvalue weighted by Gasteiger charge is 2.40. The Bertz CT molecular complexity index is 956. The van der Waals surface area contributed by atoms with Gasteiger partial charge in [-0.1, -0.05) is 29.8 Å². The summed E-state index contributed by atoms with van der Waals surface area (Å²) in [6, 6.07) is 13.9. The van der Waals surface area contributed by atoms with Crippen LogP contribution < -0.4 is 9.47 Å². The Hall–Kier alpha value is -3.02. The molecule has 2 amide bonds. The zero-order valence-corrected chi connectivity index (χ0v) is 18.5. The first kappa shape index (κ1) is 21.2. The molecule has 0 aliphatic carbocycles. The van der Waals surface area contributed by atoms with Crippen LogP contribution in [0.15, 0.2) is 42.5 Å². The zero-order chi connectivity index (χ0) is 22.0. The number of likely N-dealkylation sites (tertiary alicyclic amines) is 2. The van der Waals surface area contributed by atoms with Crippen molar-refractivity contribution < 1.29 is 19.1 Å². The number of carbonyl (C=O) groups excluding carboxylic acids is 2.